The summed E-state index contributed by atoms with van der Waals surface area (Å²) in [6, 6.07) is 4.70. The van der Waals surface area contributed by atoms with Crippen LogP contribution < -0.4 is 11.2 Å². The minimum Gasteiger partial charge on any atom is -0.300 e. The van der Waals surface area contributed by atoms with Crippen LogP contribution in [-0.4, -0.2) is 14.9 Å². The Hall–Kier alpha value is -1.77. The lowest BCUT2D eigenvalue weighted by molar-refractivity contribution is 0.101. The van der Waals surface area contributed by atoms with E-state index in [4.69, 9.17) is 0 Å². The van der Waals surface area contributed by atoms with Crippen LogP contribution in [0, 0.1) is 9.39 Å². The molecule has 0 unspecified atom stereocenters. The van der Waals surface area contributed by atoms with Gasteiger partial charge in [-0.15, -0.1) is 0 Å². The van der Waals surface area contributed by atoms with Gasteiger partial charge in [-0.1, -0.05) is 6.07 Å². The smallest absolute Gasteiger partial charge is 0.300 e. The molecule has 122 valence electrons. The third kappa shape index (κ3) is 3.29. The minimum atomic E-state index is -0.621. The van der Waals surface area contributed by atoms with Gasteiger partial charge in [0.2, 0.25) is 0 Å². The highest BCUT2D eigenvalue weighted by atomic mass is 127. The van der Waals surface area contributed by atoms with E-state index in [-0.39, 0.29) is 24.2 Å². The van der Waals surface area contributed by atoms with Crippen LogP contribution in [0.2, 0.25) is 0 Å². The standard InChI is InChI=1S/C16H16FIN2O3/c1-4-20-15(22)14(9(2)21)13(19(3)16(20)23)7-10-5-6-11(18)8-12(10)17/h5-6,8H,4,7H2,1-3H3. The molecule has 2 rings (SSSR count). The zero-order chi connectivity index (χ0) is 17.3. The summed E-state index contributed by atoms with van der Waals surface area (Å²) in [5.74, 6) is -0.868. The van der Waals surface area contributed by atoms with Crippen molar-refractivity contribution in [2.45, 2.75) is 26.8 Å². The number of carbonyl (C=O) groups excluding carboxylic acids is 1. The SMILES string of the molecule is CCn1c(=O)c(C(C)=O)c(Cc2ccc(I)cc2F)n(C)c1=O. The van der Waals surface area contributed by atoms with E-state index in [1.807, 2.05) is 22.6 Å². The van der Waals surface area contributed by atoms with Gasteiger partial charge in [-0.05, 0) is 54.1 Å². The van der Waals surface area contributed by atoms with Gasteiger partial charge in [0.15, 0.2) is 5.78 Å². The van der Waals surface area contributed by atoms with Crippen molar-refractivity contribution >= 4 is 28.4 Å². The number of benzene rings is 1. The Kier molecular flexibility index (Phi) is 5.18. The van der Waals surface area contributed by atoms with Crippen LogP contribution in [-0.2, 0) is 20.0 Å². The van der Waals surface area contributed by atoms with Crippen molar-refractivity contribution in [1.29, 1.82) is 0 Å². The summed E-state index contributed by atoms with van der Waals surface area (Å²) >= 11 is 1.99. The summed E-state index contributed by atoms with van der Waals surface area (Å²) in [6.45, 7) is 3.10. The highest BCUT2D eigenvalue weighted by Crippen LogP contribution is 2.17. The van der Waals surface area contributed by atoms with Crippen LogP contribution >= 0.6 is 22.6 Å². The maximum Gasteiger partial charge on any atom is 0.330 e. The molecule has 0 bridgehead atoms. The molecule has 0 amide bonds. The van der Waals surface area contributed by atoms with Crippen LogP contribution in [0.3, 0.4) is 0 Å². The molecule has 0 saturated heterocycles. The maximum atomic E-state index is 14.1. The molecule has 0 aliphatic heterocycles. The summed E-state index contributed by atoms with van der Waals surface area (Å²) < 4.78 is 17.1. The quantitative estimate of drug-likeness (QED) is 0.552. The second-order valence-corrected chi connectivity index (χ2v) is 6.43. The molecular weight excluding hydrogens is 414 g/mol. The van der Waals surface area contributed by atoms with E-state index in [2.05, 4.69) is 0 Å². The first kappa shape index (κ1) is 17.6. The number of halogens is 2. The fraction of sp³-hybridized carbons (Fsp3) is 0.312. The first-order valence-electron chi connectivity index (χ1n) is 7.05. The van der Waals surface area contributed by atoms with Crippen molar-refractivity contribution in [3.05, 3.63) is 65.2 Å². The summed E-state index contributed by atoms with van der Waals surface area (Å²) in [7, 11) is 1.49. The Balaban J connectivity index is 2.73. The largest absolute Gasteiger partial charge is 0.330 e. The molecule has 0 radical (unpaired) electrons. The predicted molar refractivity (Wildman–Crippen MR) is 93.5 cm³/mol. The number of ketones is 1. The van der Waals surface area contributed by atoms with Gasteiger partial charge in [0.25, 0.3) is 5.56 Å². The molecule has 0 spiro atoms. The summed E-state index contributed by atoms with van der Waals surface area (Å²) in [6.07, 6.45) is 0.00318. The molecular formula is C16H16FIN2O3. The third-order valence-electron chi connectivity index (χ3n) is 3.71. The molecule has 0 N–H and O–H groups in total. The normalized spacial score (nSPS) is 10.8. The van der Waals surface area contributed by atoms with E-state index >= 15 is 0 Å². The molecule has 0 fully saturated rings. The lowest BCUT2D eigenvalue weighted by atomic mass is 10.0. The second-order valence-electron chi connectivity index (χ2n) is 5.18. The van der Waals surface area contributed by atoms with E-state index < -0.39 is 22.8 Å². The predicted octanol–water partition coefficient (Wildman–Crippen LogP) is 2.10. The highest BCUT2D eigenvalue weighted by Gasteiger charge is 2.21. The van der Waals surface area contributed by atoms with Gasteiger partial charge in [-0.3, -0.25) is 18.7 Å². The van der Waals surface area contributed by atoms with E-state index in [0.29, 0.717) is 5.56 Å². The Bertz CT molecular complexity index is 899. The van der Waals surface area contributed by atoms with Gasteiger partial charge in [-0.2, -0.15) is 0 Å². The van der Waals surface area contributed by atoms with Gasteiger partial charge in [-0.25, -0.2) is 9.18 Å². The fourth-order valence-corrected chi connectivity index (χ4v) is 2.95. The third-order valence-corrected chi connectivity index (χ3v) is 4.38. The average molecular weight is 430 g/mol. The van der Waals surface area contributed by atoms with Crippen LogP contribution in [0.15, 0.2) is 27.8 Å². The molecule has 5 nitrogen and oxygen atoms in total. The number of hydrogen-bond donors (Lipinski definition) is 0. The molecule has 23 heavy (non-hydrogen) atoms. The van der Waals surface area contributed by atoms with Crippen molar-refractivity contribution in [2.24, 2.45) is 7.05 Å². The highest BCUT2D eigenvalue weighted by molar-refractivity contribution is 14.1. The molecule has 1 aromatic heterocycles. The first-order valence-corrected chi connectivity index (χ1v) is 8.13. The van der Waals surface area contributed by atoms with Gasteiger partial charge in [0.1, 0.15) is 11.4 Å². The monoisotopic (exact) mass is 430 g/mol. The van der Waals surface area contributed by atoms with Crippen molar-refractivity contribution in [1.82, 2.24) is 9.13 Å². The Morgan fingerprint density at radius 1 is 1.30 bits per heavy atom. The Labute approximate surface area is 145 Å². The zero-order valence-corrected chi connectivity index (χ0v) is 15.2. The summed E-state index contributed by atoms with van der Waals surface area (Å²) in [4.78, 5) is 36.6. The Morgan fingerprint density at radius 3 is 2.48 bits per heavy atom. The molecule has 1 aromatic carbocycles. The second kappa shape index (κ2) is 6.77. The van der Waals surface area contributed by atoms with Crippen LogP contribution in [0.1, 0.15) is 35.5 Å². The van der Waals surface area contributed by atoms with Crippen molar-refractivity contribution in [3.63, 3.8) is 0 Å². The van der Waals surface area contributed by atoms with E-state index in [1.165, 1.54) is 24.6 Å². The van der Waals surface area contributed by atoms with E-state index in [9.17, 15) is 18.8 Å². The molecule has 1 heterocycles. The number of rotatable bonds is 4. The minimum absolute atomic E-state index is 0.00318. The molecule has 0 aliphatic rings. The summed E-state index contributed by atoms with van der Waals surface area (Å²) in [5, 5.41) is 0. The van der Waals surface area contributed by atoms with Gasteiger partial charge in [0.05, 0.1) is 0 Å². The van der Waals surface area contributed by atoms with Crippen molar-refractivity contribution < 1.29 is 9.18 Å². The average Bonchev–Trinajstić information content (AvgIpc) is 2.47. The first-order chi connectivity index (χ1) is 10.8. The van der Waals surface area contributed by atoms with E-state index in [0.717, 1.165) is 8.14 Å². The molecule has 0 saturated carbocycles. The number of hydrogen-bond acceptors (Lipinski definition) is 3. The number of nitrogens with zero attached hydrogens (tertiary/aromatic N) is 2. The van der Waals surface area contributed by atoms with Gasteiger partial charge >= 0.3 is 5.69 Å². The van der Waals surface area contributed by atoms with Crippen molar-refractivity contribution in [3.8, 4) is 0 Å². The van der Waals surface area contributed by atoms with Crippen LogP contribution in [0.5, 0.6) is 0 Å². The molecule has 0 aliphatic carbocycles. The van der Waals surface area contributed by atoms with E-state index in [1.54, 1.807) is 19.1 Å². The zero-order valence-electron chi connectivity index (χ0n) is 13.0. The summed E-state index contributed by atoms with van der Waals surface area (Å²) in [5.41, 5.74) is -0.631. The lowest BCUT2D eigenvalue weighted by Crippen LogP contribution is -2.43. The molecule has 7 heteroatoms. The molecule has 2 aromatic rings. The van der Waals surface area contributed by atoms with Gasteiger partial charge < -0.3 is 0 Å². The van der Waals surface area contributed by atoms with Crippen LogP contribution in [0.25, 0.3) is 0 Å². The van der Waals surface area contributed by atoms with Crippen LogP contribution in [0.4, 0.5) is 4.39 Å². The van der Waals surface area contributed by atoms with Gasteiger partial charge in [0, 0.05) is 29.3 Å². The Morgan fingerprint density at radius 2 is 1.96 bits per heavy atom. The number of Topliss-reactive ketones (excluding diaryl/α,β-unsaturated/α-hetero) is 1. The van der Waals surface area contributed by atoms with Crippen molar-refractivity contribution in [2.75, 3.05) is 0 Å². The lowest BCUT2D eigenvalue weighted by Gasteiger charge is -2.15. The fourth-order valence-electron chi connectivity index (χ4n) is 2.49. The number of carbonyl (C=O) groups is 1. The molecule has 0 atom stereocenters. The topological polar surface area (TPSA) is 61.1 Å². The number of aromatic nitrogens is 2. The maximum absolute atomic E-state index is 14.1.